The molecule has 2 rings (SSSR count). The highest BCUT2D eigenvalue weighted by Crippen LogP contribution is 2.28. The van der Waals surface area contributed by atoms with Gasteiger partial charge in [0.1, 0.15) is 6.17 Å². The molecular formula is C11H14FN. The molecule has 0 N–H and O–H groups in total. The zero-order valence-corrected chi connectivity index (χ0v) is 8.05. The minimum Gasteiger partial charge on any atom is -0.299 e. The first-order valence-corrected chi connectivity index (χ1v) is 4.59. The summed E-state index contributed by atoms with van der Waals surface area (Å²) in [6, 6.07) is 6.05. The Labute approximate surface area is 78.2 Å². The van der Waals surface area contributed by atoms with Gasteiger partial charge in [-0.15, -0.1) is 0 Å². The van der Waals surface area contributed by atoms with Gasteiger partial charge in [0.05, 0.1) is 0 Å². The van der Waals surface area contributed by atoms with Crippen LogP contribution in [0, 0.1) is 6.92 Å². The van der Waals surface area contributed by atoms with Crippen LogP contribution in [0.2, 0.25) is 0 Å². The monoisotopic (exact) mass is 179 g/mol. The van der Waals surface area contributed by atoms with E-state index < -0.39 is 6.17 Å². The SMILES string of the molecule is Cc1ccc2c(c1)C(F)CN(C)C2. The third-order valence-electron chi connectivity index (χ3n) is 2.55. The Balaban J connectivity index is 2.43. The summed E-state index contributed by atoms with van der Waals surface area (Å²) in [6.07, 6.45) is -0.811. The number of likely N-dealkylation sites (N-methyl/N-ethyl adjacent to an activating group) is 1. The number of halogens is 1. The lowest BCUT2D eigenvalue weighted by molar-refractivity contribution is 0.195. The molecule has 1 atom stereocenters. The first-order chi connectivity index (χ1) is 6.16. The minimum absolute atomic E-state index is 0.524. The molecule has 1 aromatic carbocycles. The van der Waals surface area contributed by atoms with E-state index in [1.54, 1.807) is 0 Å². The van der Waals surface area contributed by atoms with Gasteiger partial charge in [-0.25, -0.2) is 4.39 Å². The number of hydrogen-bond donors (Lipinski definition) is 0. The van der Waals surface area contributed by atoms with E-state index in [9.17, 15) is 4.39 Å². The van der Waals surface area contributed by atoms with Crippen molar-refractivity contribution >= 4 is 0 Å². The highest BCUT2D eigenvalue weighted by atomic mass is 19.1. The molecule has 13 heavy (non-hydrogen) atoms. The van der Waals surface area contributed by atoms with E-state index in [1.807, 2.05) is 37.1 Å². The van der Waals surface area contributed by atoms with Gasteiger partial charge in [-0.1, -0.05) is 23.8 Å². The molecule has 0 fully saturated rings. The summed E-state index contributed by atoms with van der Waals surface area (Å²) in [6.45, 7) is 3.40. The maximum absolute atomic E-state index is 13.6. The Bertz CT molecular complexity index is 322. The number of alkyl halides is 1. The van der Waals surface area contributed by atoms with Crippen molar-refractivity contribution in [3.8, 4) is 0 Å². The third-order valence-corrected chi connectivity index (χ3v) is 2.55. The van der Waals surface area contributed by atoms with Gasteiger partial charge in [0.2, 0.25) is 0 Å². The highest BCUT2D eigenvalue weighted by Gasteiger charge is 2.22. The molecule has 0 aromatic heterocycles. The van der Waals surface area contributed by atoms with E-state index in [0.29, 0.717) is 6.54 Å². The van der Waals surface area contributed by atoms with Gasteiger partial charge in [0.25, 0.3) is 0 Å². The molecule has 70 valence electrons. The predicted molar refractivity (Wildman–Crippen MR) is 51.4 cm³/mol. The minimum atomic E-state index is -0.811. The maximum atomic E-state index is 13.6. The number of aryl methyl sites for hydroxylation is 1. The maximum Gasteiger partial charge on any atom is 0.138 e. The van der Waals surface area contributed by atoms with E-state index >= 15 is 0 Å². The Hall–Kier alpha value is -0.890. The summed E-state index contributed by atoms with van der Waals surface area (Å²) in [4.78, 5) is 2.02. The third kappa shape index (κ3) is 1.59. The van der Waals surface area contributed by atoms with Gasteiger partial charge in [-0.2, -0.15) is 0 Å². The van der Waals surface area contributed by atoms with Gasteiger partial charge in [-0.3, -0.25) is 4.90 Å². The number of nitrogens with zero attached hydrogens (tertiary/aromatic N) is 1. The fourth-order valence-corrected chi connectivity index (χ4v) is 1.88. The van der Waals surface area contributed by atoms with Crippen molar-refractivity contribution < 1.29 is 4.39 Å². The first-order valence-electron chi connectivity index (χ1n) is 4.59. The van der Waals surface area contributed by atoms with E-state index in [1.165, 1.54) is 0 Å². The van der Waals surface area contributed by atoms with Crippen molar-refractivity contribution in [3.63, 3.8) is 0 Å². The lowest BCUT2D eigenvalue weighted by atomic mass is 9.97. The standard InChI is InChI=1S/C11H14FN/c1-8-3-4-9-6-13(2)7-11(12)10(9)5-8/h3-5,11H,6-7H2,1-2H3. The average Bonchev–Trinajstić information content (AvgIpc) is 2.06. The average molecular weight is 179 g/mol. The molecule has 0 saturated carbocycles. The molecule has 1 unspecified atom stereocenters. The van der Waals surface area contributed by atoms with Gasteiger partial charge in [-0.05, 0) is 25.1 Å². The molecule has 0 saturated heterocycles. The molecule has 1 aliphatic heterocycles. The zero-order chi connectivity index (χ0) is 9.42. The number of hydrogen-bond acceptors (Lipinski definition) is 1. The van der Waals surface area contributed by atoms with Gasteiger partial charge in [0, 0.05) is 13.1 Å². The second-order valence-corrected chi connectivity index (χ2v) is 3.87. The van der Waals surface area contributed by atoms with Gasteiger partial charge in [0.15, 0.2) is 0 Å². The van der Waals surface area contributed by atoms with Crippen molar-refractivity contribution in [2.24, 2.45) is 0 Å². The molecule has 0 aliphatic carbocycles. The number of fused-ring (bicyclic) bond motifs is 1. The van der Waals surface area contributed by atoms with Crippen molar-refractivity contribution in [1.29, 1.82) is 0 Å². The van der Waals surface area contributed by atoms with Crippen molar-refractivity contribution in [1.82, 2.24) is 4.90 Å². The Morgan fingerprint density at radius 1 is 1.46 bits per heavy atom. The van der Waals surface area contributed by atoms with E-state index in [2.05, 4.69) is 0 Å². The zero-order valence-electron chi connectivity index (χ0n) is 8.05. The second-order valence-electron chi connectivity index (χ2n) is 3.87. The summed E-state index contributed by atoms with van der Waals surface area (Å²) < 4.78 is 13.6. The summed E-state index contributed by atoms with van der Waals surface area (Å²) in [5.41, 5.74) is 3.16. The molecule has 1 aliphatic rings. The van der Waals surface area contributed by atoms with E-state index in [0.717, 1.165) is 23.2 Å². The summed E-state index contributed by atoms with van der Waals surface area (Å²) >= 11 is 0. The van der Waals surface area contributed by atoms with Gasteiger partial charge >= 0.3 is 0 Å². The van der Waals surface area contributed by atoms with E-state index in [-0.39, 0.29) is 0 Å². The molecular weight excluding hydrogens is 165 g/mol. The van der Waals surface area contributed by atoms with Crippen LogP contribution in [0.5, 0.6) is 0 Å². The largest absolute Gasteiger partial charge is 0.299 e. The lowest BCUT2D eigenvalue weighted by Gasteiger charge is -2.28. The van der Waals surface area contributed by atoms with Crippen LogP contribution in [0.1, 0.15) is 22.9 Å². The first kappa shape index (κ1) is 8.70. The Morgan fingerprint density at radius 3 is 3.00 bits per heavy atom. The lowest BCUT2D eigenvalue weighted by Crippen LogP contribution is -2.28. The summed E-state index contributed by atoms with van der Waals surface area (Å²) in [5.74, 6) is 0. The second kappa shape index (κ2) is 3.11. The fraction of sp³-hybridized carbons (Fsp3) is 0.455. The van der Waals surface area contributed by atoms with Crippen molar-refractivity contribution in [2.45, 2.75) is 19.6 Å². The quantitative estimate of drug-likeness (QED) is 0.591. The predicted octanol–water partition coefficient (Wildman–Crippen LogP) is 2.45. The normalized spacial score (nSPS) is 22.8. The Kier molecular flexibility index (Phi) is 2.08. The van der Waals surface area contributed by atoms with Crippen molar-refractivity contribution in [2.75, 3.05) is 13.6 Å². The Morgan fingerprint density at radius 2 is 2.23 bits per heavy atom. The fourth-order valence-electron chi connectivity index (χ4n) is 1.88. The van der Waals surface area contributed by atoms with Crippen LogP contribution in [0.3, 0.4) is 0 Å². The molecule has 1 nitrogen and oxygen atoms in total. The van der Waals surface area contributed by atoms with Crippen LogP contribution in [0.15, 0.2) is 18.2 Å². The van der Waals surface area contributed by atoms with E-state index in [4.69, 9.17) is 0 Å². The molecule has 0 spiro atoms. The molecule has 1 aromatic rings. The molecule has 0 radical (unpaired) electrons. The molecule has 1 heterocycles. The van der Waals surface area contributed by atoms with Crippen molar-refractivity contribution in [3.05, 3.63) is 34.9 Å². The molecule has 0 amide bonds. The number of benzene rings is 1. The topological polar surface area (TPSA) is 3.24 Å². The van der Waals surface area contributed by atoms with Crippen LogP contribution in [-0.4, -0.2) is 18.5 Å². The molecule has 2 heteroatoms. The highest BCUT2D eigenvalue weighted by molar-refractivity contribution is 5.34. The van der Waals surface area contributed by atoms with Crippen LogP contribution >= 0.6 is 0 Å². The summed E-state index contributed by atoms with van der Waals surface area (Å²) in [5, 5.41) is 0. The van der Waals surface area contributed by atoms with Crippen LogP contribution in [0.4, 0.5) is 4.39 Å². The smallest absolute Gasteiger partial charge is 0.138 e. The van der Waals surface area contributed by atoms with Crippen LogP contribution in [-0.2, 0) is 6.54 Å². The summed E-state index contributed by atoms with van der Waals surface area (Å²) in [7, 11) is 1.95. The van der Waals surface area contributed by atoms with Crippen LogP contribution < -0.4 is 0 Å². The molecule has 0 bridgehead atoms. The number of rotatable bonds is 0. The van der Waals surface area contributed by atoms with Gasteiger partial charge < -0.3 is 0 Å². The van der Waals surface area contributed by atoms with Crippen LogP contribution in [0.25, 0.3) is 0 Å².